The number of aliphatic hydroxyl groups is 1. The Bertz CT molecular complexity index is 535. The highest BCUT2D eigenvalue weighted by molar-refractivity contribution is 7.94. The molecular weight excluding hydrogens is 266 g/mol. The van der Waals surface area contributed by atoms with Crippen LogP contribution in [0.3, 0.4) is 0 Å². The van der Waals surface area contributed by atoms with Crippen LogP contribution in [0.5, 0.6) is 0 Å². The lowest BCUT2D eigenvalue weighted by molar-refractivity contribution is -0.116. The summed E-state index contributed by atoms with van der Waals surface area (Å²) in [6, 6.07) is 7.87. The lowest BCUT2D eigenvalue weighted by Gasteiger charge is -2.04. The zero-order valence-electron chi connectivity index (χ0n) is 10.6. The van der Waals surface area contributed by atoms with Crippen LogP contribution < -0.4 is 5.32 Å². The van der Waals surface area contributed by atoms with E-state index in [1.54, 1.807) is 25.1 Å². The highest BCUT2D eigenvalue weighted by Crippen LogP contribution is 2.10. The van der Waals surface area contributed by atoms with Crippen molar-refractivity contribution in [2.24, 2.45) is 0 Å². The summed E-state index contributed by atoms with van der Waals surface area (Å²) in [5.74, 6) is -0.500. The number of benzene rings is 1. The Morgan fingerprint density at radius 1 is 1.37 bits per heavy atom. The van der Waals surface area contributed by atoms with Gasteiger partial charge in [-0.25, -0.2) is 8.42 Å². The smallest absolute Gasteiger partial charge is 0.244 e. The Labute approximate surface area is 112 Å². The molecule has 5 nitrogen and oxygen atoms in total. The average molecular weight is 283 g/mol. The van der Waals surface area contributed by atoms with Gasteiger partial charge in [0.05, 0.1) is 11.0 Å². The second-order valence-electron chi connectivity index (χ2n) is 4.09. The zero-order chi connectivity index (χ0) is 14.3. The normalized spacial score (nSPS) is 13.4. The first-order valence-electron chi connectivity index (χ1n) is 5.86. The van der Waals surface area contributed by atoms with Crippen LogP contribution in [0, 0.1) is 0 Å². The molecule has 0 aromatic heterocycles. The number of amides is 1. The van der Waals surface area contributed by atoms with E-state index in [4.69, 9.17) is 5.11 Å². The Morgan fingerprint density at radius 3 is 2.58 bits per heavy atom. The molecule has 1 aromatic rings. The fraction of sp³-hybridized carbons (Fsp3) is 0.308. The number of sulfone groups is 1. The van der Waals surface area contributed by atoms with Crippen molar-refractivity contribution in [2.45, 2.75) is 24.3 Å². The molecule has 0 aliphatic heterocycles. The maximum atomic E-state index is 11.8. The molecule has 0 bridgehead atoms. The van der Waals surface area contributed by atoms with Crippen molar-refractivity contribution in [3.05, 3.63) is 41.8 Å². The molecule has 19 heavy (non-hydrogen) atoms. The molecule has 0 aliphatic rings. The van der Waals surface area contributed by atoms with Gasteiger partial charge in [0, 0.05) is 18.0 Å². The number of carbonyl (C=O) groups excluding carboxylic acids is 1. The maximum absolute atomic E-state index is 11.8. The van der Waals surface area contributed by atoms with Crippen molar-refractivity contribution >= 4 is 15.7 Å². The van der Waals surface area contributed by atoms with E-state index in [1.165, 1.54) is 12.1 Å². The highest BCUT2D eigenvalue weighted by atomic mass is 32.2. The molecule has 1 unspecified atom stereocenters. The fourth-order valence-corrected chi connectivity index (χ4v) is 2.30. The first-order valence-corrected chi connectivity index (χ1v) is 7.40. The summed E-state index contributed by atoms with van der Waals surface area (Å²) < 4.78 is 23.6. The van der Waals surface area contributed by atoms with Gasteiger partial charge in [0.15, 0.2) is 9.84 Å². The molecule has 1 atom stereocenters. The highest BCUT2D eigenvalue weighted by Gasteiger charge is 2.09. The molecule has 0 saturated carbocycles. The predicted molar refractivity (Wildman–Crippen MR) is 72.1 cm³/mol. The minimum atomic E-state index is -3.59. The van der Waals surface area contributed by atoms with Gasteiger partial charge in [-0.3, -0.25) is 4.79 Å². The largest absolute Gasteiger partial charge is 0.393 e. The molecule has 104 valence electrons. The van der Waals surface area contributed by atoms with Crippen LogP contribution in [0.15, 0.2) is 46.7 Å². The van der Waals surface area contributed by atoms with Gasteiger partial charge < -0.3 is 10.4 Å². The van der Waals surface area contributed by atoms with Crippen LogP contribution in [-0.2, 0) is 14.6 Å². The summed E-state index contributed by atoms with van der Waals surface area (Å²) in [5.41, 5.74) is 0. The molecule has 0 radical (unpaired) electrons. The average Bonchev–Trinajstić information content (AvgIpc) is 2.37. The second kappa shape index (κ2) is 7.06. The van der Waals surface area contributed by atoms with E-state index in [1.807, 2.05) is 0 Å². The molecule has 0 spiro atoms. The minimum absolute atomic E-state index is 0.142. The van der Waals surface area contributed by atoms with Crippen molar-refractivity contribution in [2.75, 3.05) is 6.54 Å². The molecular formula is C13H17NO4S. The van der Waals surface area contributed by atoms with Crippen molar-refractivity contribution in [1.29, 1.82) is 0 Å². The van der Waals surface area contributed by atoms with E-state index in [0.29, 0.717) is 13.0 Å². The van der Waals surface area contributed by atoms with Crippen molar-refractivity contribution in [1.82, 2.24) is 5.32 Å². The standard InChI is InChI=1S/C13H17NO4S/c1-11(15)7-9-14-13(16)8-10-19(17,18)12-5-3-2-4-6-12/h2-6,8,10-11,15H,7,9H2,1H3,(H,14,16). The van der Waals surface area contributed by atoms with Crippen molar-refractivity contribution in [3.8, 4) is 0 Å². The Balaban J connectivity index is 2.59. The third-order valence-electron chi connectivity index (χ3n) is 2.33. The zero-order valence-corrected chi connectivity index (χ0v) is 11.4. The SMILES string of the molecule is CC(O)CCNC(=O)C=CS(=O)(=O)c1ccccc1. The lowest BCUT2D eigenvalue weighted by Crippen LogP contribution is -2.24. The minimum Gasteiger partial charge on any atom is -0.393 e. The number of hydrogen-bond donors (Lipinski definition) is 2. The van der Waals surface area contributed by atoms with Gasteiger partial charge >= 0.3 is 0 Å². The number of nitrogens with one attached hydrogen (secondary N) is 1. The Kier molecular flexibility index (Phi) is 5.72. The number of rotatable bonds is 6. The summed E-state index contributed by atoms with van der Waals surface area (Å²) >= 11 is 0. The van der Waals surface area contributed by atoms with Crippen LogP contribution in [0.1, 0.15) is 13.3 Å². The van der Waals surface area contributed by atoms with E-state index in [9.17, 15) is 13.2 Å². The summed E-state index contributed by atoms with van der Waals surface area (Å²) in [4.78, 5) is 11.5. The maximum Gasteiger partial charge on any atom is 0.244 e. The molecule has 0 fully saturated rings. The van der Waals surface area contributed by atoms with E-state index in [0.717, 1.165) is 11.5 Å². The van der Waals surface area contributed by atoms with Gasteiger partial charge in [0.2, 0.25) is 5.91 Å². The first kappa shape index (κ1) is 15.4. The second-order valence-corrected chi connectivity index (χ2v) is 5.92. The summed E-state index contributed by atoms with van der Waals surface area (Å²) in [5, 5.41) is 12.4. The quantitative estimate of drug-likeness (QED) is 0.759. The molecule has 1 amide bonds. The molecule has 0 saturated heterocycles. The van der Waals surface area contributed by atoms with Crippen molar-refractivity contribution in [3.63, 3.8) is 0 Å². The third-order valence-corrected chi connectivity index (χ3v) is 3.76. The van der Waals surface area contributed by atoms with Crippen LogP contribution >= 0.6 is 0 Å². The van der Waals surface area contributed by atoms with E-state index < -0.39 is 21.8 Å². The topological polar surface area (TPSA) is 83.5 Å². The van der Waals surface area contributed by atoms with Crippen LogP contribution in [0.25, 0.3) is 0 Å². The van der Waals surface area contributed by atoms with Crippen LogP contribution in [0.4, 0.5) is 0 Å². The predicted octanol–water partition coefficient (Wildman–Crippen LogP) is 0.861. The van der Waals surface area contributed by atoms with Crippen molar-refractivity contribution < 1.29 is 18.3 Å². The molecule has 0 heterocycles. The summed E-state index contributed by atoms with van der Waals surface area (Å²) in [6.45, 7) is 1.91. The van der Waals surface area contributed by atoms with E-state index >= 15 is 0 Å². The van der Waals surface area contributed by atoms with Crippen LogP contribution in [0.2, 0.25) is 0 Å². The molecule has 6 heteroatoms. The molecule has 1 aromatic carbocycles. The van der Waals surface area contributed by atoms with Gasteiger partial charge in [0.1, 0.15) is 0 Å². The summed E-state index contributed by atoms with van der Waals surface area (Å²) in [6.07, 6.45) is 0.896. The number of hydrogen-bond acceptors (Lipinski definition) is 4. The van der Waals surface area contributed by atoms with Gasteiger partial charge in [-0.1, -0.05) is 18.2 Å². The lowest BCUT2D eigenvalue weighted by atomic mass is 10.3. The van der Waals surface area contributed by atoms with Gasteiger partial charge in [-0.15, -0.1) is 0 Å². The summed E-state index contributed by atoms with van der Waals surface area (Å²) in [7, 11) is -3.59. The number of aliphatic hydroxyl groups excluding tert-OH is 1. The Hall–Kier alpha value is -1.66. The number of carbonyl (C=O) groups is 1. The first-order chi connectivity index (χ1) is 8.92. The molecule has 1 rings (SSSR count). The monoisotopic (exact) mass is 283 g/mol. The fourth-order valence-electron chi connectivity index (χ4n) is 1.30. The molecule has 0 aliphatic carbocycles. The van der Waals surface area contributed by atoms with E-state index in [2.05, 4.69) is 5.32 Å². The Morgan fingerprint density at radius 2 is 2.00 bits per heavy atom. The van der Waals surface area contributed by atoms with E-state index in [-0.39, 0.29) is 4.90 Å². The third kappa shape index (κ3) is 5.67. The van der Waals surface area contributed by atoms with Gasteiger partial charge in [0.25, 0.3) is 0 Å². The van der Waals surface area contributed by atoms with Gasteiger partial charge in [-0.05, 0) is 25.5 Å². The van der Waals surface area contributed by atoms with Gasteiger partial charge in [-0.2, -0.15) is 0 Å². The van der Waals surface area contributed by atoms with Crippen LogP contribution in [-0.4, -0.2) is 32.1 Å². The molecule has 2 N–H and O–H groups in total.